The second-order valence-corrected chi connectivity index (χ2v) is 1.54. The van der Waals surface area contributed by atoms with E-state index in [0.717, 1.165) is 0 Å². The van der Waals surface area contributed by atoms with E-state index >= 15 is 0 Å². The fraction of sp³-hybridized carbons (Fsp3) is 0.500. The molecule has 1 atom stereocenters. The summed E-state index contributed by atoms with van der Waals surface area (Å²) in [5.41, 5.74) is 4.77. The Labute approximate surface area is 60.0 Å². The van der Waals surface area contributed by atoms with Crippen molar-refractivity contribution in [3.63, 3.8) is 0 Å². The summed E-state index contributed by atoms with van der Waals surface area (Å²) in [6.07, 6.45) is 1.75. The van der Waals surface area contributed by atoms with Crippen molar-refractivity contribution in [2.24, 2.45) is 5.73 Å². The molecule has 0 bridgehead atoms. The standard InChI is InChI=1S/C3H7NO3.C3H6/c4-2(1-5)3(6)7;1-3-2/h2,5H,1,4H2,(H,6,7);3H,1H2,2H3/t2-;/m0./s1. The molecule has 0 aliphatic rings. The average molecular weight is 147 g/mol. The Hall–Kier alpha value is -0.870. The fourth-order valence-electron chi connectivity index (χ4n) is 0.0781. The number of nitrogens with two attached hydrogens (primary N) is 1. The molecular weight excluding hydrogens is 134 g/mol. The molecule has 0 unspecified atom stereocenters. The predicted molar refractivity (Wildman–Crippen MR) is 38.6 cm³/mol. The van der Waals surface area contributed by atoms with E-state index in [2.05, 4.69) is 6.58 Å². The number of aliphatic carboxylic acids is 1. The molecule has 0 saturated carbocycles. The number of allylic oxidation sites excluding steroid dienone is 1. The van der Waals surface area contributed by atoms with Crippen molar-refractivity contribution < 1.29 is 15.0 Å². The normalized spacial score (nSPS) is 10.7. The van der Waals surface area contributed by atoms with Crippen molar-refractivity contribution in [2.75, 3.05) is 6.61 Å². The van der Waals surface area contributed by atoms with Crippen molar-refractivity contribution in [1.82, 2.24) is 0 Å². The Kier molecular flexibility index (Phi) is 9.65. The van der Waals surface area contributed by atoms with Gasteiger partial charge in [0, 0.05) is 0 Å². The van der Waals surface area contributed by atoms with Gasteiger partial charge >= 0.3 is 5.97 Å². The summed E-state index contributed by atoms with van der Waals surface area (Å²) in [4.78, 5) is 9.65. The van der Waals surface area contributed by atoms with Crippen LogP contribution in [0.4, 0.5) is 0 Å². The number of aliphatic hydroxyl groups is 1. The van der Waals surface area contributed by atoms with Crippen LogP contribution in [0.1, 0.15) is 6.92 Å². The first-order chi connectivity index (χ1) is 4.59. The van der Waals surface area contributed by atoms with E-state index in [4.69, 9.17) is 15.9 Å². The molecule has 10 heavy (non-hydrogen) atoms. The number of carbonyl (C=O) groups is 1. The van der Waals surface area contributed by atoms with Crippen LogP contribution in [0, 0.1) is 0 Å². The minimum atomic E-state index is -1.18. The number of aliphatic hydroxyl groups excluding tert-OH is 1. The monoisotopic (exact) mass is 147 g/mol. The number of hydrogen-bond donors (Lipinski definition) is 3. The zero-order valence-corrected chi connectivity index (χ0v) is 5.95. The number of carboxylic acids is 1. The lowest BCUT2D eigenvalue weighted by atomic mass is 10.3. The molecule has 0 aliphatic carbocycles. The van der Waals surface area contributed by atoms with E-state index in [1.165, 1.54) is 0 Å². The van der Waals surface area contributed by atoms with E-state index < -0.39 is 18.6 Å². The highest BCUT2D eigenvalue weighted by molar-refractivity contribution is 5.73. The molecule has 0 radical (unpaired) electrons. The van der Waals surface area contributed by atoms with Gasteiger partial charge in [-0.05, 0) is 6.92 Å². The van der Waals surface area contributed by atoms with Gasteiger partial charge in [0.2, 0.25) is 0 Å². The molecule has 0 saturated heterocycles. The van der Waals surface area contributed by atoms with Crippen LogP contribution in [0.5, 0.6) is 0 Å². The molecule has 4 heteroatoms. The smallest absolute Gasteiger partial charge is 0.322 e. The van der Waals surface area contributed by atoms with Gasteiger partial charge in [0.25, 0.3) is 0 Å². The van der Waals surface area contributed by atoms with Crippen LogP contribution in [0.15, 0.2) is 12.7 Å². The van der Waals surface area contributed by atoms with Gasteiger partial charge in [-0.25, -0.2) is 0 Å². The topological polar surface area (TPSA) is 83.5 Å². The largest absolute Gasteiger partial charge is 0.480 e. The molecule has 4 nitrogen and oxygen atoms in total. The highest BCUT2D eigenvalue weighted by Crippen LogP contribution is 1.71. The third-order valence-electron chi connectivity index (χ3n) is 0.514. The second-order valence-electron chi connectivity index (χ2n) is 1.54. The fourth-order valence-corrected chi connectivity index (χ4v) is 0.0781. The summed E-state index contributed by atoms with van der Waals surface area (Å²) in [5, 5.41) is 15.9. The van der Waals surface area contributed by atoms with Gasteiger partial charge in [-0.2, -0.15) is 0 Å². The second kappa shape index (κ2) is 8.13. The van der Waals surface area contributed by atoms with Gasteiger partial charge in [-0.15, -0.1) is 6.58 Å². The summed E-state index contributed by atoms with van der Waals surface area (Å²) >= 11 is 0. The van der Waals surface area contributed by atoms with Crippen LogP contribution in [-0.4, -0.2) is 28.8 Å². The molecule has 0 heterocycles. The molecule has 0 aromatic carbocycles. The van der Waals surface area contributed by atoms with Crippen LogP contribution < -0.4 is 5.73 Å². The van der Waals surface area contributed by atoms with Gasteiger partial charge in [0.05, 0.1) is 6.61 Å². The summed E-state index contributed by atoms with van der Waals surface area (Å²) in [5.74, 6) is -1.18. The molecule has 0 aromatic heterocycles. The van der Waals surface area contributed by atoms with Crippen molar-refractivity contribution >= 4 is 5.97 Å². The quantitative estimate of drug-likeness (QED) is 0.463. The third-order valence-corrected chi connectivity index (χ3v) is 0.514. The van der Waals surface area contributed by atoms with Crippen LogP contribution in [0.3, 0.4) is 0 Å². The van der Waals surface area contributed by atoms with Crippen molar-refractivity contribution in [1.29, 1.82) is 0 Å². The number of carboxylic acid groups (broad SMARTS) is 1. The minimum absolute atomic E-state index is 0.505. The van der Waals surface area contributed by atoms with E-state index in [-0.39, 0.29) is 0 Å². The maximum atomic E-state index is 9.65. The van der Waals surface area contributed by atoms with Gasteiger partial charge in [-0.3, -0.25) is 4.79 Å². The first-order valence-electron chi connectivity index (χ1n) is 2.76. The highest BCUT2D eigenvalue weighted by atomic mass is 16.4. The lowest BCUT2D eigenvalue weighted by Gasteiger charge is -1.96. The average Bonchev–Trinajstić information content (AvgIpc) is 1.88. The minimum Gasteiger partial charge on any atom is -0.480 e. The van der Waals surface area contributed by atoms with Crippen LogP contribution in [-0.2, 0) is 4.79 Å². The number of rotatable bonds is 2. The Morgan fingerprint density at radius 2 is 2.20 bits per heavy atom. The van der Waals surface area contributed by atoms with E-state index in [9.17, 15) is 4.79 Å². The lowest BCUT2D eigenvalue weighted by Crippen LogP contribution is -2.33. The van der Waals surface area contributed by atoms with Gasteiger partial charge in [0.15, 0.2) is 0 Å². The molecule has 0 aliphatic heterocycles. The number of hydrogen-bond acceptors (Lipinski definition) is 3. The molecule has 0 rings (SSSR count). The zero-order chi connectivity index (χ0) is 8.57. The van der Waals surface area contributed by atoms with Crippen molar-refractivity contribution in [2.45, 2.75) is 13.0 Å². The molecular formula is C6H13NO3. The third kappa shape index (κ3) is 10.2. The van der Waals surface area contributed by atoms with Gasteiger partial charge in [-0.1, -0.05) is 6.08 Å². The van der Waals surface area contributed by atoms with Crippen LogP contribution in [0.2, 0.25) is 0 Å². The first-order valence-corrected chi connectivity index (χ1v) is 2.76. The summed E-state index contributed by atoms with van der Waals surface area (Å²) < 4.78 is 0. The van der Waals surface area contributed by atoms with Crippen molar-refractivity contribution in [3.8, 4) is 0 Å². The SMILES string of the molecule is C=CC.N[C@@H](CO)C(=O)O. The first kappa shape index (κ1) is 11.9. The predicted octanol–water partition coefficient (Wildman–Crippen LogP) is -0.417. The Morgan fingerprint density at radius 1 is 1.90 bits per heavy atom. The Bertz CT molecular complexity index is 103. The molecule has 0 amide bonds. The van der Waals surface area contributed by atoms with Gasteiger partial charge in [0.1, 0.15) is 6.04 Å². The maximum Gasteiger partial charge on any atom is 0.322 e. The maximum absolute atomic E-state index is 9.65. The van der Waals surface area contributed by atoms with Crippen LogP contribution >= 0.6 is 0 Å². The van der Waals surface area contributed by atoms with E-state index in [0.29, 0.717) is 0 Å². The highest BCUT2D eigenvalue weighted by Gasteiger charge is 2.06. The Balaban J connectivity index is 0. The van der Waals surface area contributed by atoms with E-state index in [1.54, 1.807) is 6.08 Å². The summed E-state index contributed by atoms with van der Waals surface area (Å²) in [7, 11) is 0. The molecule has 0 aromatic rings. The lowest BCUT2D eigenvalue weighted by molar-refractivity contribution is -0.139. The zero-order valence-electron chi connectivity index (χ0n) is 5.95. The van der Waals surface area contributed by atoms with E-state index in [1.807, 2.05) is 6.92 Å². The molecule has 60 valence electrons. The summed E-state index contributed by atoms with van der Waals surface area (Å²) in [6.45, 7) is 4.75. The molecule has 0 fully saturated rings. The van der Waals surface area contributed by atoms with Gasteiger partial charge < -0.3 is 15.9 Å². The van der Waals surface area contributed by atoms with Crippen molar-refractivity contribution in [3.05, 3.63) is 12.7 Å². The summed E-state index contributed by atoms with van der Waals surface area (Å²) in [6, 6.07) is -1.13. The van der Waals surface area contributed by atoms with Crippen LogP contribution in [0.25, 0.3) is 0 Å². The molecule has 4 N–H and O–H groups in total. The Morgan fingerprint density at radius 3 is 2.20 bits per heavy atom. The molecule has 0 spiro atoms.